The molecule has 1 heterocycles. The second kappa shape index (κ2) is 6.73. The maximum absolute atomic E-state index is 10.1. The van der Waals surface area contributed by atoms with Crippen LogP contribution in [0.25, 0.3) is 0 Å². The van der Waals surface area contributed by atoms with Crippen LogP contribution in [0, 0.1) is 0 Å². The van der Waals surface area contributed by atoms with E-state index in [0.29, 0.717) is 12.6 Å². The molecule has 18 heavy (non-hydrogen) atoms. The molecule has 4 nitrogen and oxygen atoms in total. The number of ether oxygens (including phenoxy) is 2. The van der Waals surface area contributed by atoms with E-state index in [-0.39, 0.29) is 0 Å². The zero-order valence-electron chi connectivity index (χ0n) is 10.8. The summed E-state index contributed by atoms with van der Waals surface area (Å²) in [6, 6.07) is 7.88. The molecule has 1 aromatic carbocycles. The van der Waals surface area contributed by atoms with Gasteiger partial charge in [-0.2, -0.15) is 0 Å². The predicted molar refractivity (Wildman–Crippen MR) is 69.8 cm³/mol. The Balaban J connectivity index is 1.80. The highest BCUT2D eigenvalue weighted by Gasteiger charge is 2.15. The monoisotopic (exact) mass is 251 g/mol. The van der Waals surface area contributed by atoms with E-state index >= 15 is 0 Å². The van der Waals surface area contributed by atoms with E-state index in [1.807, 2.05) is 24.3 Å². The Morgan fingerprint density at radius 3 is 2.83 bits per heavy atom. The summed E-state index contributed by atoms with van der Waals surface area (Å²) in [6.45, 7) is 2.16. The molecule has 0 bridgehead atoms. The lowest BCUT2D eigenvalue weighted by Crippen LogP contribution is -2.38. The second-order valence-corrected chi connectivity index (χ2v) is 4.61. The van der Waals surface area contributed by atoms with Gasteiger partial charge in [-0.15, -0.1) is 0 Å². The zero-order valence-corrected chi connectivity index (χ0v) is 10.8. The van der Waals surface area contributed by atoms with Crippen molar-refractivity contribution in [2.24, 2.45) is 0 Å². The minimum Gasteiger partial charge on any atom is -0.497 e. The van der Waals surface area contributed by atoms with Crippen LogP contribution in [0.2, 0.25) is 0 Å². The number of benzene rings is 1. The van der Waals surface area contributed by atoms with Gasteiger partial charge in [0.25, 0.3) is 0 Å². The molecule has 0 spiro atoms. The molecular weight excluding hydrogens is 230 g/mol. The molecule has 1 aliphatic heterocycles. The molecule has 1 fully saturated rings. The van der Waals surface area contributed by atoms with E-state index in [0.717, 1.165) is 37.4 Å². The van der Waals surface area contributed by atoms with Crippen molar-refractivity contribution in [2.75, 3.05) is 26.9 Å². The van der Waals surface area contributed by atoms with Crippen molar-refractivity contribution >= 4 is 0 Å². The third kappa shape index (κ3) is 3.70. The topological polar surface area (TPSA) is 50.7 Å². The Hall–Kier alpha value is -1.10. The van der Waals surface area contributed by atoms with Crippen LogP contribution in [0.3, 0.4) is 0 Å². The molecule has 2 atom stereocenters. The lowest BCUT2D eigenvalue weighted by Gasteiger charge is -2.24. The fourth-order valence-electron chi connectivity index (χ4n) is 2.12. The minimum absolute atomic E-state index is 0.367. The number of nitrogens with one attached hydrogen (secondary N) is 1. The van der Waals surface area contributed by atoms with Gasteiger partial charge in [0.1, 0.15) is 5.75 Å². The normalized spacial score (nSPS) is 21.6. The molecule has 1 saturated heterocycles. The Labute approximate surface area is 108 Å². The Bertz CT molecular complexity index is 347. The highest BCUT2D eigenvalue weighted by atomic mass is 16.5. The molecule has 0 radical (unpaired) electrons. The lowest BCUT2D eigenvalue weighted by molar-refractivity contribution is 0.0639. The first-order valence-electron chi connectivity index (χ1n) is 6.42. The van der Waals surface area contributed by atoms with Crippen LogP contribution in [-0.2, 0) is 4.74 Å². The number of hydrogen-bond acceptors (Lipinski definition) is 4. The van der Waals surface area contributed by atoms with Gasteiger partial charge in [-0.1, -0.05) is 12.1 Å². The number of hydrogen-bond donors (Lipinski definition) is 2. The van der Waals surface area contributed by atoms with Gasteiger partial charge in [0.05, 0.1) is 19.8 Å². The quantitative estimate of drug-likeness (QED) is 0.832. The summed E-state index contributed by atoms with van der Waals surface area (Å²) in [5.41, 5.74) is 0.903. The number of aliphatic hydroxyl groups is 1. The molecule has 100 valence electrons. The molecule has 2 N–H and O–H groups in total. The van der Waals surface area contributed by atoms with Gasteiger partial charge in [0.2, 0.25) is 0 Å². The van der Waals surface area contributed by atoms with Gasteiger partial charge >= 0.3 is 0 Å². The molecule has 2 rings (SSSR count). The molecule has 1 aromatic rings. The van der Waals surface area contributed by atoms with E-state index in [4.69, 9.17) is 9.47 Å². The predicted octanol–water partition coefficient (Wildman–Crippen LogP) is 1.50. The second-order valence-electron chi connectivity index (χ2n) is 4.61. The van der Waals surface area contributed by atoms with Crippen LogP contribution in [0.1, 0.15) is 24.5 Å². The van der Waals surface area contributed by atoms with Crippen LogP contribution >= 0.6 is 0 Å². The van der Waals surface area contributed by atoms with E-state index in [1.165, 1.54) is 0 Å². The largest absolute Gasteiger partial charge is 0.497 e. The summed E-state index contributed by atoms with van der Waals surface area (Å²) < 4.78 is 10.5. The van der Waals surface area contributed by atoms with Crippen LogP contribution in [0.4, 0.5) is 0 Å². The number of methoxy groups -OCH3 is 1. The summed E-state index contributed by atoms with van der Waals surface area (Å²) in [5.74, 6) is 0.805. The van der Waals surface area contributed by atoms with Gasteiger partial charge in [-0.25, -0.2) is 0 Å². The Morgan fingerprint density at radius 2 is 2.22 bits per heavy atom. The highest BCUT2D eigenvalue weighted by molar-refractivity contribution is 5.28. The third-order valence-electron chi connectivity index (χ3n) is 3.26. The molecule has 0 amide bonds. The smallest absolute Gasteiger partial charge is 0.118 e. The van der Waals surface area contributed by atoms with Crippen molar-refractivity contribution in [3.05, 3.63) is 29.8 Å². The first kappa shape index (κ1) is 13.3. The minimum atomic E-state index is -0.488. The number of rotatable bonds is 5. The Kier molecular flexibility index (Phi) is 4.99. The van der Waals surface area contributed by atoms with E-state index in [9.17, 15) is 5.11 Å². The molecular formula is C14H21NO3. The lowest BCUT2D eigenvalue weighted by atomic mass is 10.1. The molecule has 1 aliphatic rings. The zero-order chi connectivity index (χ0) is 12.8. The maximum Gasteiger partial charge on any atom is 0.118 e. The summed E-state index contributed by atoms with van der Waals surface area (Å²) in [5, 5.41) is 13.4. The van der Waals surface area contributed by atoms with Crippen LogP contribution < -0.4 is 10.1 Å². The Morgan fingerprint density at radius 1 is 1.44 bits per heavy atom. The standard InChI is InChI=1S/C14H21NO3/c1-17-13-6-4-11(5-7-13)14(16)9-15-12-3-2-8-18-10-12/h4-7,12,14-16H,2-3,8-10H2,1H3. The van der Waals surface area contributed by atoms with E-state index in [1.54, 1.807) is 7.11 Å². The van der Waals surface area contributed by atoms with Crippen molar-refractivity contribution in [1.82, 2.24) is 5.32 Å². The highest BCUT2D eigenvalue weighted by Crippen LogP contribution is 2.17. The first-order valence-corrected chi connectivity index (χ1v) is 6.42. The fourth-order valence-corrected chi connectivity index (χ4v) is 2.12. The third-order valence-corrected chi connectivity index (χ3v) is 3.26. The summed E-state index contributed by atoms with van der Waals surface area (Å²) >= 11 is 0. The van der Waals surface area contributed by atoms with Crippen LogP contribution in [0.15, 0.2) is 24.3 Å². The van der Waals surface area contributed by atoms with Gasteiger partial charge in [-0.05, 0) is 30.5 Å². The first-order chi connectivity index (χ1) is 8.79. The van der Waals surface area contributed by atoms with Crippen molar-refractivity contribution in [1.29, 1.82) is 0 Å². The molecule has 2 unspecified atom stereocenters. The molecule has 0 aromatic heterocycles. The van der Waals surface area contributed by atoms with E-state index < -0.39 is 6.10 Å². The molecule has 4 heteroatoms. The van der Waals surface area contributed by atoms with Crippen molar-refractivity contribution in [3.8, 4) is 5.75 Å². The van der Waals surface area contributed by atoms with E-state index in [2.05, 4.69) is 5.32 Å². The van der Waals surface area contributed by atoms with Crippen molar-refractivity contribution in [2.45, 2.75) is 25.0 Å². The fraction of sp³-hybridized carbons (Fsp3) is 0.571. The summed E-state index contributed by atoms with van der Waals surface area (Å²) in [6.07, 6.45) is 1.73. The van der Waals surface area contributed by atoms with Crippen molar-refractivity contribution in [3.63, 3.8) is 0 Å². The van der Waals surface area contributed by atoms with Crippen molar-refractivity contribution < 1.29 is 14.6 Å². The van der Waals surface area contributed by atoms with Gasteiger partial charge in [0, 0.05) is 19.2 Å². The SMILES string of the molecule is COc1ccc(C(O)CNC2CCCOC2)cc1. The summed E-state index contributed by atoms with van der Waals surface area (Å²) in [7, 11) is 1.63. The maximum atomic E-state index is 10.1. The van der Waals surface area contributed by atoms with Gasteiger partial charge in [0.15, 0.2) is 0 Å². The average Bonchev–Trinajstić information content (AvgIpc) is 2.46. The van der Waals surface area contributed by atoms with Crippen LogP contribution in [-0.4, -0.2) is 38.0 Å². The molecule has 0 aliphatic carbocycles. The average molecular weight is 251 g/mol. The van der Waals surface area contributed by atoms with Gasteiger partial charge < -0.3 is 19.9 Å². The van der Waals surface area contributed by atoms with Crippen LogP contribution in [0.5, 0.6) is 5.75 Å². The van der Waals surface area contributed by atoms with Gasteiger partial charge in [-0.3, -0.25) is 0 Å². The summed E-state index contributed by atoms with van der Waals surface area (Å²) in [4.78, 5) is 0. The molecule has 0 saturated carbocycles. The number of aliphatic hydroxyl groups excluding tert-OH is 1.